The van der Waals surface area contributed by atoms with Crippen molar-refractivity contribution in [2.24, 2.45) is 0 Å². The van der Waals surface area contributed by atoms with E-state index in [1.807, 2.05) is 5.70 Å². The molecule has 0 spiro atoms. The smallest absolute Gasteiger partial charge is 0.0819 e. The molecule has 0 fully saturated rings. The van der Waals surface area contributed by atoms with Crippen molar-refractivity contribution in [2.45, 2.75) is 25.6 Å². The molecule has 2 heteroatoms. The molecule has 0 aromatic heterocycles. The molecule has 0 aromatic rings. The molecule has 0 aliphatic rings. The summed E-state index contributed by atoms with van der Waals surface area (Å²) in [5.74, 6) is 0. The molecule has 0 unspecified atom stereocenters. The van der Waals surface area contributed by atoms with Crippen LogP contribution >= 0.6 is 0 Å². The van der Waals surface area contributed by atoms with Crippen LogP contribution in [-0.2, 0) is 5.11 Å². The monoisotopic (exact) mass is 143 g/mol. The molecule has 0 heterocycles. The van der Waals surface area contributed by atoms with Crippen molar-refractivity contribution in [3.8, 4) is 0 Å². The standard InChI is InChI=1S/C7H15OSi/c1-4-9(2,3)7-5-6-8/h4H,1,5-7H2,2-3H3. The highest BCUT2D eigenvalue weighted by molar-refractivity contribution is 6.82. The first kappa shape index (κ1) is 8.92. The van der Waals surface area contributed by atoms with Gasteiger partial charge in [0.15, 0.2) is 0 Å². The summed E-state index contributed by atoms with van der Waals surface area (Å²) < 4.78 is 0. The second kappa shape index (κ2) is 3.85. The largest absolute Gasteiger partial charge is 0.237 e. The van der Waals surface area contributed by atoms with Gasteiger partial charge >= 0.3 is 0 Å². The Balaban J connectivity index is 3.45. The van der Waals surface area contributed by atoms with Crippen LogP contribution < -0.4 is 0 Å². The molecule has 0 aromatic carbocycles. The maximum atomic E-state index is 10.1. The van der Waals surface area contributed by atoms with Crippen molar-refractivity contribution in [1.82, 2.24) is 0 Å². The summed E-state index contributed by atoms with van der Waals surface area (Å²) in [6.07, 6.45) is 0.825. The lowest BCUT2D eigenvalue weighted by Crippen LogP contribution is -2.21. The Morgan fingerprint density at radius 1 is 1.56 bits per heavy atom. The summed E-state index contributed by atoms with van der Waals surface area (Å²) >= 11 is 0. The third kappa shape index (κ3) is 4.42. The first-order chi connectivity index (χ1) is 4.12. The van der Waals surface area contributed by atoms with E-state index in [-0.39, 0.29) is 6.61 Å². The molecule has 1 radical (unpaired) electrons. The predicted octanol–water partition coefficient (Wildman–Crippen LogP) is 2.24. The molecule has 0 saturated carbocycles. The molecule has 0 aliphatic heterocycles. The average molecular weight is 143 g/mol. The normalized spacial score (nSPS) is 11.4. The Morgan fingerprint density at radius 3 is 2.44 bits per heavy atom. The van der Waals surface area contributed by atoms with E-state index in [0.29, 0.717) is 0 Å². The van der Waals surface area contributed by atoms with E-state index in [9.17, 15) is 5.11 Å². The summed E-state index contributed by atoms with van der Waals surface area (Å²) in [6.45, 7) is 8.28. The van der Waals surface area contributed by atoms with Crippen LogP contribution in [0, 0.1) is 0 Å². The highest BCUT2D eigenvalue weighted by atomic mass is 28.3. The van der Waals surface area contributed by atoms with Crippen LogP contribution in [0.5, 0.6) is 0 Å². The molecular formula is C7H15OSi. The minimum Gasteiger partial charge on any atom is -0.237 e. The van der Waals surface area contributed by atoms with E-state index in [0.717, 1.165) is 12.5 Å². The van der Waals surface area contributed by atoms with Gasteiger partial charge in [-0.25, -0.2) is 5.11 Å². The average Bonchev–Trinajstić information content (AvgIpc) is 1.84. The van der Waals surface area contributed by atoms with Gasteiger partial charge in [-0.05, 0) is 6.42 Å². The van der Waals surface area contributed by atoms with Crippen molar-refractivity contribution >= 4 is 8.07 Å². The van der Waals surface area contributed by atoms with E-state index in [2.05, 4.69) is 19.7 Å². The SMILES string of the molecule is C=C[Si](C)(C)CCC[O]. The van der Waals surface area contributed by atoms with Crippen LogP contribution in [0.15, 0.2) is 12.3 Å². The van der Waals surface area contributed by atoms with Crippen LogP contribution in [0.3, 0.4) is 0 Å². The zero-order chi connectivity index (χ0) is 7.33. The Bertz CT molecular complexity index is 88.9. The second-order valence-corrected chi connectivity index (χ2v) is 7.89. The van der Waals surface area contributed by atoms with Crippen molar-refractivity contribution in [2.75, 3.05) is 6.61 Å². The lowest BCUT2D eigenvalue weighted by molar-refractivity contribution is 0.193. The van der Waals surface area contributed by atoms with Crippen molar-refractivity contribution < 1.29 is 5.11 Å². The first-order valence-electron chi connectivity index (χ1n) is 3.34. The highest BCUT2D eigenvalue weighted by Crippen LogP contribution is 2.11. The van der Waals surface area contributed by atoms with Crippen LogP contribution in [-0.4, -0.2) is 14.7 Å². The zero-order valence-corrected chi connectivity index (χ0v) is 7.31. The summed E-state index contributed by atoms with van der Waals surface area (Å²) in [5.41, 5.74) is 2.04. The van der Waals surface area contributed by atoms with Crippen LogP contribution in [0.4, 0.5) is 0 Å². The van der Waals surface area contributed by atoms with Crippen LogP contribution in [0.2, 0.25) is 19.1 Å². The molecule has 1 nitrogen and oxygen atoms in total. The van der Waals surface area contributed by atoms with Gasteiger partial charge in [-0.15, -0.1) is 12.3 Å². The number of hydrogen-bond acceptors (Lipinski definition) is 0. The predicted molar refractivity (Wildman–Crippen MR) is 42.7 cm³/mol. The summed E-state index contributed by atoms with van der Waals surface area (Å²) in [6, 6.07) is 1.10. The summed E-state index contributed by atoms with van der Waals surface area (Å²) in [7, 11) is -1.13. The Kier molecular flexibility index (Phi) is 3.82. The quantitative estimate of drug-likeness (QED) is 0.538. The molecule has 53 valence electrons. The lowest BCUT2D eigenvalue weighted by Gasteiger charge is -2.14. The second-order valence-electron chi connectivity index (χ2n) is 3.00. The van der Waals surface area contributed by atoms with Gasteiger partial charge in [0.05, 0.1) is 14.7 Å². The Hall–Kier alpha value is -0.0831. The van der Waals surface area contributed by atoms with Gasteiger partial charge in [0, 0.05) is 0 Å². The fourth-order valence-electron chi connectivity index (χ4n) is 0.630. The van der Waals surface area contributed by atoms with E-state index >= 15 is 0 Å². The highest BCUT2D eigenvalue weighted by Gasteiger charge is 2.13. The summed E-state index contributed by atoms with van der Waals surface area (Å²) in [4.78, 5) is 0. The van der Waals surface area contributed by atoms with Gasteiger partial charge in [-0.1, -0.05) is 19.1 Å². The first-order valence-corrected chi connectivity index (χ1v) is 6.62. The zero-order valence-electron chi connectivity index (χ0n) is 6.31. The minimum atomic E-state index is -1.13. The fraction of sp³-hybridized carbons (Fsp3) is 0.714. The van der Waals surface area contributed by atoms with Gasteiger partial charge < -0.3 is 0 Å². The van der Waals surface area contributed by atoms with Crippen LogP contribution in [0.1, 0.15) is 6.42 Å². The molecule has 0 rings (SSSR count). The molecule has 0 N–H and O–H groups in total. The minimum absolute atomic E-state index is 0.0737. The van der Waals surface area contributed by atoms with Gasteiger partial charge in [0.2, 0.25) is 0 Å². The van der Waals surface area contributed by atoms with E-state index in [1.54, 1.807) is 0 Å². The Morgan fingerprint density at radius 2 is 2.11 bits per heavy atom. The third-order valence-corrected chi connectivity index (χ3v) is 4.27. The van der Waals surface area contributed by atoms with Crippen molar-refractivity contribution in [3.63, 3.8) is 0 Å². The van der Waals surface area contributed by atoms with E-state index in [1.165, 1.54) is 0 Å². The maximum absolute atomic E-state index is 10.1. The van der Waals surface area contributed by atoms with Gasteiger partial charge in [0.1, 0.15) is 0 Å². The molecule has 0 amide bonds. The molecule has 9 heavy (non-hydrogen) atoms. The lowest BCUT2D eigenvalue weighted by atomic mass is 10.5. The van der Waals surface area contributed by atoms with E-state index < -0.39 is 8.07 Å². The number of rotatable bonds is 4. The van der Waals surface area contributed by atoms with Gasteiger partial charge in [0.25, 0.3) is 0 Å². The molecular weight excluding hydrogens is 128 g/mol. The fourth-order valence-corrected chi connectivity index (χ4v) is 1.89. The topological polar surface area (TPSA) is 19.9 Å². The molecule has 0 aliphatic carbocycles. The van der Waals surface area contributed by atoms with Crippen molar-refractivity contribution in [1.29, 1.82) is 0 Å². The molecule has 0 saturated heterocycles. The number of hydrogen-bond donors (Lipinski definition) is 0. The van der Waals surface area contributed by atoms with Gasteiger partial charge in [-0.3, -0.25) is 0 Å². The molecule has 0 atom stereocenters. The molecule has 0 bridgehead atoms. The van der Waals surface area contributed by atoms with Crippen molar-refractivity contribution in [3.05, 3.63) is 12.3 Å². The van der Waals surface area contributed by atoms with E-state index in [4.69, 9.17) is 0 Å². The third-order valence-electron chi connectivity index (χ3n) is 1.52. The summed E-state index contributed by atoms with van der Waals surface area (Å²) in [5, 5.41) is 10.1. The van der Waals surface area contributed by atoms with Gasteiger partial charge in [-0.2, -0.15) is 0 Å². The maximum Gasteiger partial charge on any atom is 0.0819 e. The Labute approximate surface area is 58.4 Å². The van der Waals surface area contributed by atoms with Crippen LogP contribution in [0.25, 0.3) is 0 Å².